The molecule has 29 heavy (non-hydrogen) atoms. The highest BCUT2D eigenvalue weighted by Crippen LogP contribution is 2.35. The molecule has 0 fully saturated rings. The quantitative estimate of drug-likeness (QED) is 0.450. The zero-order valence-electron chi connectivity index (χ0n) is 15.6. The van der Waals surface area contributed by atoms with Crippen LogP contribution in [0.3, 0.4) is 0 Å². The molecule has 0 amide bonds. The van der Waals surface area contributed by atoms with Crippen molar-refractivity contribution in [3.05, 3.63) is 38.4 Å². The molecule has 0 spiro atoms. The maximum Gasteiger partial charge on any atom is 0.290 e. The molecule has 158 valence electrons. The monoisotopic (exact) mass is 446 g/mol. The lowest BCUT2D eigenvalue weighted by Crippen LogP contribution is -2.50. The molecule has 0 saturated heterocycles. The molecule has 0 aliphatic heterocycles. The van der Waals surface area contributed by atoms with Crippen LogP contribution in [-0.2, 0) is 16.8 Å². The third-order valence-corrected chi connectivity index (χ3v) is 6.01. The fourth-order valence-electron chi connectivity index (χ4n) is 2.39. The first-order valence-corrected chi connectivity index (χ1v) is 10.3. The number of tetrazole rings is 1. The van der Waals surface area contributed by atoms with Gasteiger partial charge in [0.2, 0.25) is 5.16 Å². The highest BCUT2D eigenvalue weighted by Gasteiger charge is 2.30. The number of hydrogen-bond acceptors (Lipinski definition) is 10. The van der Waals surface area contributed by atoms with E-state index in [1.807, 2.05) is 0 Å². The van der Waals surface area contributed by atoms with E-state index in [0.717, 1.165) is 28.2 Å². The summed E-state index contributed by atoms with van der Waals surface area (Å²) in [6, 6.07) is 3.20. The van der Waals surface area contributed by atoms with Crippen LogP contribution < -0.4 is 5.14 Å². The second-order valence-corrected chi connectivity index (χ2v) is 9.22. The molecular weight excluding hydrogens is 428 g/mol. The molecule has 1 heterocycles. The van der Waals surface area contributed by atoms with Gasteiger partial charge in [-0.3, -0.25) is 20.2 Å². The van der Waals surface area contributed by atoms with Crippen molar-refractivity contribution in [1.29, 1.82) is 0 Å². The van der Waals surface area contributed by atoms with Crippen molar-refractivity contribution in [2.75, 3.05) is 6.54 Å². The minimum absolute atomic E-state index is 0.0316. The van der Waals surface area contributed by atoms with Gasteiger partial charge in [-0.15, -0.1) is 5.10 Å². The van der Waals surface area contributed by atoms with Crippen LogP contribution in [0.2, 0.25) is 0 Å². The van der Waals surface area contributed by atoms with Crippen molar-refractivity contribution in [2.45, 2.75) is 42.9 Å². The van der Waals surface area contributed by atoms with E-state index in [0.29, 0.717) is 0 Å². The lowest BCUT2D eigenvalue weighted by Gasteiger charge is -2.32. The van der Waals surface area contributed by atoms with E-state index in [-0.39, 0.29) is 23.1 Å². The van der Waals surface area contributed by atoms with Gasteiger partial charge in [0.05, 0.1) is 27.4 Å². The van der Waals surface area contributed by atoms with Crippen LogP contribution in [0.25, 0.3) is 0 Å². The highest BCUT2D eigenvalue weighted by atomic mass is 32.2. The summed E-state index contributed by atoms with van der Waals surface area (Å²) in [5.41, 5.74) is -1.68. The molecule has 16 heteroatoms. The van der Waals surface area contributed by atoms with Gasteiger partial charge in [0, 0.05) is 18.2 Å². The minimum Gasteiger partial charge on any atom is -0.258 e. The largest absolute Gasteiger partial charge is 0.290 e. The minimum atomic E-state index is -3.99. The summed E-state index contributed by atoms with van der Waals surface area (Å²) in [5.74, 6) is 0. The Morgan fingerprint density at radius 2 is 1.90 bits per heavy atom. The van der Waals surface area contributed by atoms with Crippen LogP contribution in [0, 0.1) is 20.2 Å². The van der Waals surface area contributed by atoms with Crippen LogP contribution in [0.15, 0.2) is 28.3 Å². The molecule has 0 saturated carbocycles. The summed E-state index contributed by atoms with van der Waals surface area (Å²) in [4.78, 5) is 20.7. The Kier molecular flexibility index (Phi) is 6.51. The molecule has 2 aromatic rings. The Hall–Kier alpha value is -2.69. The summed E-state index contributed by atoms with van der Waals surface area (Å²) < 4.78 is 26.0. The van der Waals surface area contributed by atoms with Crippen LogP contribution >= 0.6 is 11.8 Å². The number of nitrogens with zero attached hydrogens (tertiary/aromatic N) is 7. The molecule has 1 aromatic heterocycles. The SMILES string of the molecule is CC(C)(C)N(CCn1nnnc1Sc1ccc([N+](=O)[O-])cc1[N+](=O)[O-])S(N)(=O)=O. The number of non-ortho nitro benzene ring substituents is 1. The van der Waals surface area contributed by atoms with Crippen molar-refractivity contribution >= 4 is 33.3 Å². The van der Waals surface area contributed by atoms with Gasteiger partial charge >= 0.3 is 0 Å². The van der Waals surface area contributed by atoms with Crippen LogP contribution in [-0.4, -0.2) is 54.9 Å². The molecule has 0 aliphatic carbocycles. The normalized spacial score (nSPS) is 12.3. The van der Waals surface area contributed by atoms with Gasteiger partial charge in [-0.2, -0.15) is 12.7 Å². The summed E-state index contributed by atoms with van der Waals surface area (Å²) in [7, 11) is -3.99. The van der Waals surface area contributed by atoms with E-state index in [9.17, 15) is 28.6 Å². The zero-order chi connectivity index (χ0) is 22.0. The van der Waals surface area contributed by atoms with Crippen molar-refractivity contribution in [3.8, 4) is 0 Å². The molecular formula is C13H18N8O6S2. The Labute approximate surface area is 169 Å². The average Bonchev–Trinajstić information content (AvgIpc) is 2.99. The van der Waals surface area contributed by atoms with E-state index >= 15 is 0 Å². The van der Waals surface area contributed by atoms with Gasteiger partial charge in [-0.25, -0.2) is 9.82 Å². The number of benzene rings is 1. The molecule has 2 rings (SSSR count). The number of nitro groups is 2. The molecule has 0 atom stereocenters. The lowest BCUT2D eigenvalue weighted by atomic mass is 10.1. The van der Waals surface area contributed by atoms with E-state index in [1.165, 1.54) is 10.7 Å². The standard InChI is InChI=1S/C13H18N8O6S2/c1-13(2,3)19(29(14,26)27)7-6-18-12(15-16-17-18)28-11-5-4-9(20(22)23)8-10(11)21(24)25/h4-5,8H,6-7H2,1-3H3,(H2,14,26,27). The molecule has 14 nitrogen and oxygen atoms in total. The third-order valence-electron chi connectivity index (χ3n) is 3.62. The van der Waals surface area contributed by atoms with Gasteiger partial charge in [-0.1, -0.05) is 0 Å². The predicted molar refractivity (Wildman–Crippen MR) is 101 cm³/mol. The maximum atomic E-state index is 11.8. The van der Waals surface area contributed by atoms with E-state index < -0.39 is 37.0 Å². The van der Waals surface area contributed by atoms with Gasteiger partial charge in [0.25, 0.3) is 21.6 Å². The first-order chi connectivity index (χ1) is 13.3. The van der Waals surface area contributed by atoms with E-state index in [2.05, 4.69) is 15.5 Å². The zero-order valence-corrected chi connectivity index (χ0v) is 17.3. The van der Waals surface area contributed by atoms with Gasteiger partial charge < -0.3 is 0 Å². The molecule has 0 radical (unpaired) electrons. The molecule has 0 aliphatic rings. The van der Waals surface area contributed by atoms with Crippen LogP contribution in [0.1, 0.15) is 20.8 Å². The van der Waals surface area contributed by atoms with Gasteiger partial charge in [-0.05, 0) is 49.0 Å². The number of nitro benzene ring substituents is 2. The van der Waals surface area contributed by atoms with Crippen molar-refractivity contribution in [2.24, 2.45) is 5.14 Å². The maximum absolute atomic E-state index is 11.8. The van der Waals surface area contributed by atoms with Crippen molar-refractivity contribution in [1.82, 2.24) is 24.5 Å². The summed E-state index contributed by atoms with van der Waals surface area (Å²) in [5, 5.41) is 38.6. The first-order valence-electron chi connectivity index (χ1n) is 7.98. The Bertz CT molecular complexity index is 1030. The highest BCUT2D eigenvalue weighted by molar-refractivity contribution is 7.99. The number of aromatic nitrogens is 4. The summed E-state index contributed by atoms with van der Waals surface area (Å²) >= 11 is 0.826. The topological polar surface area (TPSA) is 193 Å². The smallest absolute Gasteiger partial charge is 0.258 e. The van der Waals surface area contributed by atoms with E-state index in [4.69, 9.17) is 5.14 Å². The number of nitrogens with two attached hydrogens (primary N) is 1. The molecule has 2 N–H and O–H groups in total. The number of rotatable bonds is 8. The Morgan fingerprint density at radius 3 is 2.41 bits per heavy atom. The van der Waals surface area contributed by atoms with Crippen LogP contribution in [0.5, 0.6) is 0 Å². The fourth-order valence-corrected chi connectivity index (χ4v) is 4.37. The van der Waals surface area contributed by atoms with Crippen molar-refractivity contribution < 1.29 is 18.3 Å². The Balaban J connectivity index is 2.27. The molecule has 0 bridgehead atoms. The fraction of sp³-hybridized carbons (Fsp3) is 0.462. The lowest BCUT2D eigenvalue weighted by molar-refractivity contribution is -0.396. The Morgan fingerprint density at radius 1 is 1.24 bits per heavy atom. The van der Waals surface area contributed by atoms with Crippen molar-refractivity contribution in [3.63, 3.8) is 0 Å². The van der Waals surface area contributed by atoms with Crippen LogP contribution in [0.4, 0.5) is 11.4 Å². The third kappa shape index (κ3) is 5.66. The van der Waals surface area contributed by atoms with Gasteiger partial charge in [0.1, 0.15) is 0 Å². The second kappa shape index (κ2) is 8.36. The number of hydrogen-bond donors (Lipinski definition) is 1. The second-order valence-electron chi connectivity index (χ2n) is 6.74. The average molecular weight is 446 g/mol. The first kappa shape index (κ1) is 22.6. The predicted octanol–water partition coefficient (Wildman–Crippen LogP) is 0.945. The van der Waals surface area contributed by atoms with E-state index in [1.54, 1.807) is 20.8 Å². The summed E-state index contributed by atoms with van der Waals surface area (Å²) in [6.45, 7) is 5.01. The van der Waals surface area contributed by atoms with Gasteiger partial charge in [0.15, 0.2) is 0 Å². The summed E-state index contributed by atoms with van der Waals surface area (Å²) in [6.07, 6.45) is 0. The molecule has 1 aromatic carbocycles. The molecule has 0 unspecified atom stereocenters.